The van der Waals surface area contributed by atoms with Gasteiger partial charge in [0.05, 0.1) is 14.2 Å². The molecule has 0 aliphatic rings. The summed E-state index contributed by atoms with van der Waals surface area (Å²) >= 11 is 0. The Labute approximate surface area is 129 Å². The molecule has 1 unspecified atom stereocenters. The van der Waals surface area contributed by atoms with Gasteiger partial charge in [-0.25, -0.2) is 0 Å². The van der Waals surface area contributed by atoms with Crippen LogP contribution < -0.4 is 9.47 Å². The van der Waals surface area contributed by atoms with E-state index in [1.165, 1.54) is 0 Å². The molecule has 0 amide bonds. The topological polar surface area (TPSA) is 55.8 Å². The molecule has 1 N–H and O–H groups in total. The Morgan fingerprint density at radius 3 is 2.32 bits per heavy atom. The van der Waals surface area contributed by atoms with Gasteiger partial charge in [-0.15, -0.1) is 0 Å². The van der Waals surface area contributed by atoms with Crippen LogP contribution in [0.25, 0.3) is 6.08 Å². The lowest BCUT2D eigenvalue weighted by atomic mass is 9.98. The Morgan fingerprint density at radius 2 is 1.73 bits per heavy atom. The first kappa shape index (κ1) is 15.6. The number of hydrogen-bond acceptors (Lipinski definition) is 3. The van der Waals surface area contributed by atoms with E-state index in [-0.39, 0.29) is 0 Å². The number of carbonyl (C=O) groups is 1. The highest BCUT2D eigenvalue weighted by atomic mass is 16.5. The number of hydrogen-bond donors (Lipinski definition) is 1. The second-order valence-corrected chi connectivity index (χ2v) is 4.70. The molecule has 0 aliphatic heterocycles. The molecule has 2 aromatic carbocycles. The summed E-state index contributed by atoms with van der Waals surface area (Å²) in [5.74, 6) is -0.328. The number of rotatable bonds is 6. The van der Waals surface area contributed by atoms with Gasteiger partial charge in [-0.05, 0) is 23.3 Å². The van der Waals surface area contributed by atoms with E-state index in [0.717, 1.165) is 11.1 Å². The third kappa shape index (κ3) is 3.67. The highest BCUT2D eigenvalue weighted by Gasteiger charge is 2.15. The lowest BCUT2D eigenvalue weighted by Gasteiger charge is -2.09. The minimum Gasteiger partial charge on any atom is -0.493 e. The third-order valence-electron chi connectivity index (χ3n) is 3.31. The van der Waals surface area contributed by atoms with Crippen molar-refractivity contribution in [1.82, 2.24) is 0 Å². The summed E-state index contributed by atoms with van der Waals surface area (Å²) in [6, 6.07) is 14.6. The Hall–Kier alpha value is -2.75. The highest BCUT2D eigenvalue weighted by Crippen LogP contribution is 2.28. The summed E-state index contributed by atoms with van der Waals surface area (Å²) in [4.78, 5) is 11.4. The van der Waals surface area contributed by atoms with Gasteiger partial charge in [0.2, 0.25) is 0 Å². The number of benzene rings is 2. The van der Waals surface area contributed by atoms with Gasteiger partial charge in [-0.2, -0.15) is 0 Å². The minimum atomic E-state index is -0.886. The Morgan fingerprint density at radius 1 is 1.05 bits per heavy atom. The number of carboxylic acids is 1. The first-order valence-electron chi connectivity index (χ1n) is 6.83. The molecule has 0 bridgehead atoms. The Bertz CT molecular complexity index is 662. The molecule has 22 heavy (non-hydrogen) atoms. The molecule has 0 heterocycles. The van der Waals surface area contributed by atoms with Crippen LogP contribution in [-0.4, -0.2) is 25.3 Å². The Kier molecular flexibility index (Phi) is 5.20. The van der Waals surface area contributed by atoms with Crippen molar-refractivity contribution in [2.45, 2.75) is 5.92 Å². The molecule has 4 nitrogen and oxygen atoms in total. The van der Waals surface area contributed by atoms with Gasteiger partial charge < -0.3 is 14.6 Å². The van der Waals surface area contributed by atoms with Crippen molar-refractivity contribution in [3.05, 3.63) is 65.7 Å². The van der Waals surface area contributed by atoms with Gasteiger partial charge in [0.15, 0.2) is 11.5 Å². The van der Waals surface area contributed by atoms with Crippen LogP contribution >= 0.6 is 0 Å². The monoisotopic (exact) mass is 298 g/mol. The number of methoxy groups -OCH3 is 2. The van der Waals surface area contributed by atoms with Crippen molar-refractivity contribution in [2.75, 3.05) is 14.2 Å². The zero-order chi connectivity index (χ0) is 15.9. The minimum absolute atomic E-state index is 0.608. The molecule has 1 atom stereocenters. The standard InChI is InChI=1S/C18H18O4/c1-21-16-11-9-13(12-17(16)22-2)8-10-15(18(19)20)14-6-4-3-5-7-14/h3-12,15H,1-2H3,(H,19,20). The maximum Gasteiger partial charge on any atom is 0.314 e. The van der Waals surface area contributed by atoms with Crippen molar-refractivity contribution < 1.29 is 19.4 Å². The summed E-state index contributed by atoms with van der Waals surface area (Å²) < 4.78 is 10.4. The van der Waals surface area contributed by atoms with E-state index in [0.29, 0.717) is 11.5 Å². The summed E-state index contributed by atoms with van der Waals surface area (Å²) in [6.07, 6.45) is 3.44. The van der Waals surface area contributed by atoms with Crippen LogP contribution in [0, 0.1) is 0 Å². The van der Waals surface area contributed by atoms with Crippen LogP contribution in [0.4, 0.5) is 0 Å². The maximum atomic E-state index is 11.4. The summed E-state index contributed by atoms with van der Waals surface area (Å²) in [5, 5.41) is 9.39. The molecular formula is C18H18O4. The van der Waals surface area contributed by atoms with Crippen LogP contribution in [0.15, 0.2) is 54.6 Å². The number of ether oxygens (including phenoxy) is 2. The molecule has 2 rings (SSSR count). The van der Waals surface area contributed by atoms with Crippen molar-refractivity contribution in [2.24, 2.45) is 0 Å². The molecule has 0 aliphatic carbocycles. The SMILES string of the molecule is COc1ccc(C=CC(C(=O)O)c2ccccc2)cc1OC. The van der Waals surface area contributed by atoms with E-state index < -0.39 is 11.9 Å². The van der Waals surface area contributed by atoms with Crippen LogP contribution in [-0.2, 0) is 4.79 Å². The molecule has 0 aromatic heterocycles. The molecule has 4 heteroatoms. The van der Waals surface area contributed by atoms with Gasteiger partial charge in [0.1, 0.15) is 5.92 Å². The lowest BCUT2D eigenvalue weighted by molar-refractivity contribution is -0.137. The van der Waals surface area contributed by atoms with Crippen LogP contribution in [0.3, 0.4) is 0 Å². The second-order valence-electron chi connectivity index (χ2n) is 4.70. The molecule has 0 radical (unpaired) electrons. The first-order valence-corrected chi connectivity index (χ1v) is 6.83. The summed E-state index contributed by atoms with van der Waals surface area (Å²) in [6.45, 7) is 0. The quantitative estimate of drug-likeness (QED) is 0.885. The van der Waals surface area contributed by atoms with Crippen LogP contribution in [0.5, 0.6) is 11.5 Å². The van der Waals surface area contributed by atoms with E-state index in [2.05, 4.69) is 0 Å². The molecule has 0 spiro atoms. The van der Waals surface area contributed by atoms with Crippen LogP contribution in [0.2, 0.25) is 0 Å². The predicted molar refractivity (Wildman–Crippen MR) is 85.4 cm³/mol. The Balaban J connectivity index is 2.27. The fraction of sp³-hybridized carbons (Fsp3) is 0.167. The average molecular weight is 298 g/mol. The zero-order valence-electron chi connectivity index (χ0n) is 12.5. The lowest BCUT2D eigenvalue weighted by Crippen LogP contribution is -2.08. The number of aliphatic carboxylic acids is 1. The van der Waals surface area contributed by atoms with Gasteiger partial charge in [-0.1, -0.05) is 48.6 Å². The van der Waals surface area contributed by atoms with Crippen LogP contribution in [0.1, 0.15) is 17.0 Å². The molecule has 0 saturated carbocycles. The number of carboxylic acid groups (broad SMARTS) is 1. The van der Waals surface area contributed by atoms with Gasteiger partial charge in [0, 0.05) is 0 Å². The second kappa shape index (κ2) is 7.31. The molecule has 0 saturated heterocycles. The molecule has 2 aromatic rings. The zero-order valence-corrected chi connectivity index (χ0v) is 12.5. The van der Waals surface area contributed by atoms with Crippen molar-refractivity contribution in [1.29, 1.82) is 0 Å². The molecule has 0 fully saturated rings. The van der Waals surface area contributed by atoms with Gasteiger partial charge >= 0.3 is 5.97 Å². The summed E-state index contributed by atoms with van der Waals surface area (Å²) in [7, 11) is 3.14. The average Bonchev–Trinajstić information content (AvgIpc) is 2.55. The van der Waals surface area contributed by atoms with E-state index in [4.69, 9.17) is 9.47 Å². The van der Waals surface area contributed by atoms with E-state index in [1.54, 1.807) is 50.6 Å². The fourth-order valence-electron chi connectivity index (χ4n) is 2.16. The highest BCUT2D eigenvalue weighted by molar-refractivity contribution is 5.80. The largest absolute Gasteiger partial charge is 0.493 e. The van der Waals surface area contributed by atoms with E-state index in [1.807, 2.05) is 24.3 Å². The van der Waals surface area contributed by atoms with E-state index >= 15 is 0 Å². The maximum absolute atomic E-state index is 11.4. The first-order chi connectivity index (χ1) is 10.7. The van der Waals surface area contributed by atoms with E-state index in [9.17, 15) is 9.90 Å². The van der Waals surface area contributed by atoms with Crippen molar-refractivity contribution in [3.8, 4) is 11.5 Å². The van der Waals surface area contributed by atoms with Gasteiger partial charge in [0.25, 0.3) is 0 Å². The third-order valence-corrected chi connectivity index (χ3v) is 3.31. The predicted octanol–water partition coefficient (Wildman–Crippen LogP) is 3.59. The van der Waals surface area contributed by atoms with Crippen molar-refractivity contribution in [3.63, 3.8) is 0 Å². The molecule has 114 valence electrons. The van der Waals surface area contributed by atoms with Crippen molar-refractivity contribution >= 4 is 12.0 Å². The summed E-state index contributed by atoms with van der Waals surface area (Å²) in [5.41, 5.74) is 1.59. The van der Waals surface area contributed by atoms with Gasteiger partial charge in [-0.3, -0.25) is 4.79 Å². The molecular weight excluding hydrogens is 280 g/mol. The normalized spacial score (nSPS) is 12.1. The fourth-order valence-corrected chi connectivity index (χ4v) is 2.16. The smallest absolute Gasteiger partial charge is 0.314 e.